The Labute approximate surface area is 137 Å². The second-order valence-electron chi connectivity index (χ2n) is 3.90. The molecule has 0 unspecified atom stereocenters. The average molecular weight is 389 g/mol. The van der Waals surface area contributed by atoms with E-state index >= 15 is 0 Å². The largest absolute Gasteiger partial charge is 0.479 e. The number of para-hydroxylation sites is 1. The molecule has 2 aromatic rings. The summed E-state index contributed by atoms with van der Waals surface area (Å²) in [4.78, 5) is 26.8. The van der Waals surface area contributed by atoms with Gasteiger partial charge >= 0.3 is 5.97 Å². The predicted molar refractivity (Wildman–Crippen MR) is 81.3 cm³/mol. The Morgan fingerprint density at radius 3 is 2.77 bits per heavy atom. The van der Waals surface area contributed by atoms with Gasteiger partial charge in [0.15, 0.2) is 29.9 Å². The van der Waals surface area contributed by atoms with E-state index in [0.29, 0.717) is 5.13 Å². The van der Waals surface area contributed by atoms with Crippen LogP contribution >= 0.6 is 27.3 Å². The number of ether oxygens (including phenoxy) is 2. The fourth-order valence-corrected chi connectivity index (χ4v) is 2.48. The van der Waals surface area contributed by atoms with Gasteiger partial charge in [0.25, 0.3) is 5.91 Å². The summed E-state index contributed by atoms with van der Waals surface area (Å²) in [5.41, 5.74) is 0. The standard InChI is InChI=1S/C13H10BrFN2O4S/c14-10-5-16-13(22-10)17-11(18)6-21-12(19)7-20-9-4-2-1-3-8(9)15/h1-5H,6-7H2,(H,16,17,18). The Balaban J connectivity index is 1.71. The Morgan fingerprint density at radius 2 is 2.09 bits per heavy atom. The molecular weight excluding hydrogens is 379 g/mol. The molecule has 0 aliphatic rings. The summed E-state index contributed by atoms with van der Waals surface area (Å²) >= 11 is 4.43. The molecule has 0 saturated carbocycles. The molecule has 2 rings (SSSR count). The summed E-state index contributed by atoms with van der Waals surface area (Å²) < 4.78 is 23.7. The Bertz CT molecular complexity index is 680. The fraction of sp³-hybridized carbons (Fsp3) is 0.154. The number of carbonyl (C=O) groups excluding carboxylic acids is 2. The smallest absolute Gasteiger partial charge is 0.344 e. The van der Waals surface area contributed by atoms with Gasteiger partial charge < -0.3 is 9.47 Å². The molecule has 22 heavy (non-hydrogen) atoms. The van der Waals surface area contributed by atoms with Crippen molar-refractivity contribution in [1.29, 1.82) is 0 Å². The summed E-state index contributed by atoms with van der Waals surface area (Å²) in [5, 5.41) is 2.85. The van der Waals surface area contributed by atoms with E-state index in [9.17, 15) is 14.0 Å². The number of nitrogens with zero attached hydrogens (tertiary/aromatic N) is 1. The number of amides is 1. The molecule has 0 fully saturated rings. The predicted octanol–water partition coefficient (Wildman–Crippen LogP) is 2.61. The molecule has 0 saturated heterocycles. The van der Waals surface area contributed by atoms with Crippen LogP contribution in [0.1, 0.15) is 0 Å². The molecule has 1 amide bonds. The number of anilines is 1. The minimum atomic E-state index is -0.779. The van der Waals surface area contributed by atoms with Gasteiger partial charge in [-0.15, -0.1) is 0 Å². The lowest BCUT2D eigenvalue weighted by molar-refractivity contribution is -0.149. The number of hydrogen-bond donors (Lipinski definition) is 1. The lowest BCUT2D eigenvalue weighted by Crippen LogP contribution is -2.23. The monoisotopic (exact) mass is 388 g/mol. The van der Waals surface area contributed by atoms with Crippen LogP contribution in [-0.2, 0) is 14.3 Å². The maximum atomic E-state index is 13.2. The second-order valence-corrected chi connectivity index (χ2v) is 6.31. The van der Waals surface area contributed by atoms with Gasteiger partial charge in [0.1, 0.15) is 0 Å². The van der Waals surface area contributed by atoms with Crippen molar-refractivity contribution in [3.8, 4) is 5.75 Å². The van der Waals surface area contributed by atoms with Crippen LogP contribution in [0.4, 0.5) is 9.52 Å². The molecule has 116 valence electrons. The average Bonchev–Trinajstić information content (AvgIpc) is 2.89. The number of rotatable bonds is 6. The zero-order valence-electron chi connectivity index (χ0n) is 11.0. The highest BCUT2D eigenvalue weighted by Crippen LogP contribution is 2.22. The molecule has 9 heteroatoms. The fourth-order valence-electron chi connectivity index (χ4n) is 1.35. The zero-order valence-corrected chi connectivity index (χ0v) is 13.4. The summed E-state index contributed by atoms with van der Waals surface area (Å²) in [6.07, 6.45) is 1.54. The third-order valence-electron chi connectivity index (χ3n) is 2.27. The summed E-state index contributed by atoms with van der Waals surface area (Å²) in [6, 6.07) is 5.67. The first-order valence-electron chi connectivity index (χ1n) is 5.98. The SMILES string of the molecule is O=C(COC(=O)COc1ccccc1F)Nc1ncc(Br)s1. The van der Waals surface area contributed by atoms with Gasteiger partial charge in [0.2, 0.25) is 0 Å². The molecule has 1 aromatic carbocycles. The van der Waals surface area contributed by atoms with Crippen LogP contribution in [0.15, 0.2) is 34.2 Å². The normalized spacial score (nSPS) is 10.1. The molecule has 6 nitrogen and oxygen atoms in total. The lowest BCUT2D eigenvalue weighted by atomic mass is 10.3. The highest BCUT2D eigenvalue weighted by molar-refractivity contribution is 9.11. The highest BCUT2D eigenvalue weighted by atomic mass is 79.9. The number of thiazole rings is 1. The number of nitrogens with one attached hydrogen (secondary N) is 1. The van der Waals surface area contributed by atoms with E-state index in [1.54, 1.807) is 6.07 Å². The number of aromatic nitrogens is 1. The molecule has 1 heterocycles. The maximum absolute atomic E-state index is 13.2. The molecule has 0 aliphatic heterocycles. The van der Waals surface area contributed by atoms with Gasteiger partial charge in [-0.05, 0) is 28.1 Å². The zero-order chi connectivity index (χ0) is 15.9. The van der Waals surface area contributed by atoms with Crippen molar-refractivity contribution in [2.24, 2.45) is 0 Å². The number of esters is 1. The molecule has 1 N–H and O–H groups in total. The van der Waals surface area contributed by atoms with E-state index in [2.05, 4.69) is 26.2 Å². The molecular formula is C13H10BrFN2O4S. The lowest BCUT2D eigenvalue weighted by Gasteiger charge is -2.07. The third kappa shape index (κ3) is 5.08. The highest BCUT2D eigenvalue weighted by Gasteiger charge is 2.11. The molecule has 0 radical (unpaired) electrons. The van der Waals surface area contributed by atoms with Crippen molar-refractivity contribution in [1.82, 2.24) is 4.98 Å². The van der Waals surface area contributed by atoms with Crippen LogP contribution < -0.4 is 10.1 Å². The van der Waals surface area contributed by atoms with E-state index in [4.69, 9.17) is 9.47 Å². The van der Waals surface area contributed by atoms with Gasteiger partial charge in [-0.1, -0.05) is 23.5 Å². The van der Waals surface area contributed by atoms with Crippen LogP contribution in [0.3, 0.4) is 0 Å². The van der Waals surface area contributed by atoms with E-state index in [0.717, 1.165) is 3.79 Å². The third-order valence-corrected chi connectivity index (χ3v) is 3.66. The number of benzene rings is 1. The molecule has 0 atom stereocenters. The van der Waals surface area contributed by atoms with Crippen LogP contribution in [0, 0.1) is 5.82 Å². The molecule has 0 aliphatic carbocycles. The Hall–Kier alpha value is -2.00. The summed E-state index contributed by atoms with van der Waals surface area (Å²) in [6.45, 7) is -0.965. The maximum Gasteiger partial charge on any atom is 0.344 e. The van der Waals surface area contributed by atoms with Crippen molar-refractivity contribution in [2.75, 3.05) is 18.5 Å². The van der Waals surface area contributed by atoms with Gasteiger partial charge in [-0.2, -0.15) is 0 Å². The summed E-state index contributed by atoms with van der Waals surface area (Å²) in [5.74, 6) is -1.95. The minimum Gasteiger partial charge on any atom is -0.479 e. The van der Waals surface area contributed by atoms with E-state index < -0.39 is 30.9 Å². The van der Waals surface area contributed by atoms with Crippen LogP contribution in [0.25, 0.3) is 0 Å². The van der Waals surface area contributed by atoms with Crippen LogP contribution in [-0.4, -0.2) is 30.1 Å². The van der Waals surface area contributed by atoms with Crippen LogP contribution in [0.5, 0.6) is 5.75 Å². The number of carbonyl (C=O) groups is 2. The van der Waals surface area contributed by atoms with Crippen molar-refractivity contribution >= 4 is 44.3 Å². The molecule has 0 spiro atoms. The van der Waals surface area contributed by atoms with Gasteiger partial charge in [-0.25, -0.2) is 14.2 Å². The molecule has 0 bridgehead atoms. The van der Waals surface area contributed by atoms with Gasteiger partial charge in [0.05, 0.1) is 9.98 Å². The first-order valence-corrected chi connectivity index (χ1v) is 7.59. The van der Waals surface area contributed by atoms with Crippen molar-refractivity contribution in [3.63, 3.8) is 0 Å². The van der Waals surface area contributed by atoms with Crippen molar-refractivity contribution in [2.45, 2.75) is 0 Å². The topological polar surface area (TPSA) is 77.5 Å². The Morgan fingerprint density at radius 1 is 1.32 bits per heavy atom. The second kappa shape index (κ2) is 7.85. The van der Waals surface area contributed by atoms with Gasteiger partial charge in [-0.3, -0.25) is 10.1 Å². The van der Waals surface area contributed by atoms with Crippen LogP contribution in [0.2, 0.25) is 0 Å². The summed E-state index contributed by atoms with van der Waals surface area (Å²) in [7, 11) is 0. The van der Waals surface area contributed by atoms with Crippen molar-refractivity contribution in [3.05, 3.63) is 40.1 Å². The first-order chi connectivity index (χ1) is 10.5. The minimum absolute atomic E-state index is 0.0588. The van der Waals surface area contributed by atoms with E-state index in [1.807, 2.05) is 0 Å². The Kier molecular flexibility index (Phi) is 5.84. The molecule has 1 aromatic heterocycles. The van der Waals surface area contributed by atoms with Gasteiger partial charge in [0, 0.05) is 0 Å². The van der Waals surface area contributed by atoms with E-state index in [1.165, 1.54) is 35.7 Å². The van der Waals surface area contributed by atoms with Crippen molar-refractivity contribution < 1.29 is 23.5 Å². The number of hydrogen-bond acceptors (Lipinski definition) is 6. The number of halogens is 2. The first kappa shape index (κ1) is 16.4. The van der Waals surface area contributed by atoms with E-state index in [-0.39, 0.29) is 5.75 Å². The quantitative estimate of drug-likeness (QED) is 0.769.